The Hall–Kier alpha value is -3.95. The largest absolute Gasteiger partial charge is 0.369 e. The van der Waals surface area contributed by atoms with Crippen molar-refractivity contribution >= 4 is 45.9 Å². The van der Waals surface area contributed by atoms with Gasteiger partial charge in [-0.2, -0.15) is 4.98 Å². The maximum absolute atomic E-state index is 14.1. The summed E-state index contributed by atoms with van der Waals surface area (Å²) in [6.07, 6.45) is 4.91. The van der Waals surface area contributed by atoms with Crippen LogP contribution in [0.5, 0.6) is 0 Å². The van der Waals surface area contributed by atoms with Crippen LogP contribution >= 0.6 is 11.6 Å². The number of pyridine rings is 1. The van der Waals surface area contributed by atoms with E-state index in [0.717, 1.165) is 68.5 Å². The molecule has 3 heterocycles. The van der Waals surface area contributed by atoms with Crippen LogP contribution in [0.2, 0.25) is 5.02 Å². The van der Waals surface area contributed by atoms with Gasteiger partial charge in [-0.25, -0.2) is 4.98 Å². The maximum Gasteiger partial charge on any atom is 0.260 e. The van der Waals surface area contributed by atoms with Crippen molar-refractivity contribution in [2.45, 2.75) is 51.6 Å². The van der Waals surface area contributed by atoms with E-state index >= 15 is 0 Å². The lowest BCUT2D eigenvalue weighted by Crippen LogP contribution is -2.44. The number of hydrogen-bond acceptors (Lipinski definition) is 7. The third-order valence-electron chi connectivity index (χ3n) is 8.67. The fourth-order valence-electron chi connectivity index (χ4n) is 6.41. The minimum absolute atomic E-state index is 0.0238. The van der Waals surface area contributed by atoms with Gasteiger partial charge >= 0.3 is 0 Å². The molecule has 2 fully saturated rings. The normalized spacial score (nSPS) is 19.4. The molecule has 224 valence electrons. The first-order chi connectivity index (χ1) is 20.7. The molecule has 2 aliphatic rings. The summed E-state index contributed by atoms with van der Waals surface area (Å²) in [6.45, 7) is 7.82. The smallest absolute Gasteiger partial charge is 0.260 e. The van der Waals surface area contributed by atoms with Gasteiger partial charge in [-0.1, -0.05) is 23.7 Å². The van der Waals surface area contributed by atoms with Gasteiger partial charge in [0.05, 0.1) is 0 Å². The van der Waals surface area contributed by atoms with Gasteiger partial charge in [0.1, 0.15) is 5.65 Å². The molecule has 0 spiro atoms. The quantitative estimate of drug-likeness (QED) is 0.301. The number of aryl methyl sites for hydroxylation is 1. The Morgan fingerprint density at radius 1 is 1.00 bits per heavy atom. The van der Waals surface area contributed by atoms with Gasteiger partial charge in [0.2, 0.25) is 11.9 Å². The maximum atomic E-state index is 14.1. The lowest BCUT2D eigenvalue weighted by Gasteiger charge is -2.35. The third-order valence-corrected chi connectivity index (χ3v) is 8.91. The number of hydrogen-bond donors (Lipinski definition) is 2. The number of piperazine rings is 1. The molecule has 43 heavy (non-hydrogen) atoms. The topological polar surface area (TPSA) is 95.4 Å². The number of rotatable bonds is 6. The second-order valence-corrected chi connectivity index (χ2v) is 12.3. The molecule has 4 aromatic rings. The standard InChI is InChI=1S/C33H38ClN7O2/c1-21-17-27(9-12-30(21)40-15-13-39(3)14-16-40)37-33-35-20-24-19-29(23-5-4-6-25(34)18-23)32(43)41(31(24)38-33)28-10-7-26(8-11-28)36-22(2)42/h4-6,9,12,17-20,26,28H,7-8,10-11,13-16H2,1-3H3,(H,36,42)(H,35,37,38)/t26-,28-. The summed E-state index contributed by atoms with van der Waals surface area (Å²) in [5, 5.41) is 7.77. The van der Waals surface area contributed by atoms with Crippen molar-refractivity contribution in [1.82, 2.24) is 24.8 Å². The van der Waals surface area contributed by atoms with Crippen molar-refractivity contribution in [1.29, 1.82) is 0 Å². The van der Waals surface area contributed by atoms with Crippen LogP contribution in [0.4, 0.5) is 17.3 Å². The molecule has 1 saturated carbocycles. The zero-order chi connectivity index (χ0) is 30.1. The van der Waals surface area contributed by atoms with Gasteiger partial charge in [0.15, 0.2) is 0 Å². The Morgan fingerprint density at radius 2 is 1.77 bits per heavy atom. The summed E-state index contributed by atoms with van der Waals surface area (Å²) < 4.78 is 1.84. The summed E-state index contributed by atoms with van der Waals surface area (Å²) >= 11 is 6.30. The highest BCUT2D eigenvalue weighted by molar-refractivity contribution is 6.30. The Labute approximate surface area is 256 Å². The van der Waals surface area contributed by atoms with Crippen LogP contribution in [0.25, 0.3) is 22.2 Å². The second kappa shape index (κ2) is 12.3. The molecule has 2 aromatic carbocycles. The number of aromatic nitrogens is 3. The summed E-state index contributed by atoms with van der Waals surface area (Å²) in [5.41, 5.74) is 5.16. The van der Waals surface area contributed by atoms with Gasteiger partial charge in [-0.15, -0.1) is 0 Å². The molecule has 0 bridgehead atoms. The van der Waals surface area contributed by atoms with E-state index < -0.39 is 0 Å². The van der Waals surface area contributed by atoms with Crippen molar-refractivity contribution in [3.63, 3.8) is 0 Å². The molecule has 2 aromatic heterocycles. The molecule has 6 rings (SSSR count). The first kappa shape index (κ1) is 29.1. The first-order valence-electron chi connectivity index (χ1n) is 15.0. The third kappa shape index (κ3) is 6.38. The first-order valence-corrected chi connectivity index (χ1v) is 15.4. The van der Waals surface area contributed by atoms with Crippen molar-refractivity contribution in [2.75, 3.05) is 43.4 Å². The molecule has 0 unspecified atom stereocenters. The van der Waals surface area contributed by atoms with Crippen LogP contribution in [0.1, 0.15) is 44.2 Å². The molecule has 10 heteroatoms. The fraction of sp³-hybridized carbons (Fsp3) is 0.394. The molecule has 2 N–H and O–H groups in total. The Morgan fingerprint density at radius 3 is 2.47 bits per heavy atom. The summed E-state index contributed by atoms with van der Waals surface area (Å²) in [4.78, 5) is 40.1. The van der Waals surface area contributed by atoms with Crippen LogP contribution in [0.3, 0.4) is 0 Å². The number of anilines is 3. The van der Waals surface area contributed by atoms with Crippen LogP contribution in [0, 0.1) is 6.92 Å². The van der Waals surface area contributed by atoms with Crippen molar-refractivity contribution in [2.24, 2.45) is 0 Å². The number of benzene rings is 2. The molecule has 1 amide bonds. The van der Waals surface area contributed by atoms with E-state index in [1.54, 1.807) is 19.2 Å². The number of carbonyl (C=O) groups excluding carboxylic acids is 1. The monoisotopic (exact) mass is 599 g/mol. The van der Waals surface area contributed by atoms with E-state index in [0.29, 0.717) is 22.2 Å². The fourth-order valence-corrected chi connectivity index (χ4v) is 6.60. The van der Waals surface area contributed by atoms with E-state index in [-0.39, 0.29) is 23.6 Å². The number of nitrogens with one attached hydrogen (secondary N) is 2. The SMILES string of the molecule is CC(=O)N[C@H]1CC[C@H](n2c(=O)c(-c3cccc(Cl)c3)cc3cnc(Nc4ccc(N5CCN(C)CC5)c(C)c4)nc32)CC1. The molecule has 0 radical (unpaired) electrons. The number of amides is 1. The molecular formula is C33H38ClN7O2. The van der Waals surface area contributed by atoms with E-state index in [4.69, 9.17) is 16.6 Å². The average Bonchev–Trinajstić information content (AvgIpc) is 2.98. The van der Waals surface area contributed by atoms with Gasteiger partial charge < -0.3 is 20.4 Å². The average molecular weight is 600 g/mol. The Bertz CT molecular complexity index is 1710. The number of carbonyl (C=O) groups is 1. The Balaban J connectivity index is 1.34. The van der Waals surface area contributed by atoms with Crippen LogP contribution in [-0.4, -0.2) is 64.6 Å². The summed E-state index contributed by atoms with van der Waals surface area (Å²) in [7, 11) is 2.16. The number of fused-ring (bicyclic) bond motifs is 1. The minimum Gasteiger partial charge on any atom is -0.369 e. The molecule has 1 saturated heterocycles. The van der Waals surface area contributed by atoms with Crippen LogP contribution < -0.4 is 21.1 Å². The number of halogens is 1. The lowest BCUT2D eigenvalue weighted by molar-refractivity contribution is -0.119. The van der Waals surface area contributed by atoms with Crippen molar-refractivity contribution < 1.29 is 4.79 Å². The van der Waals surface area contributed by atoms with Gasteiger partial charge in [-0.3, -0.25) is 14.2 Å². The second-order valence-electron chi connectivity index (χ2n) is 11.8. The van der Waals surface area contributed by atoms with Gasteiger partial charge in [0, 0.05) is 78.7 Å². The lowest BCUT2D eigenvalue weighted by atomic mass is 9.90. The highest BCUT2D eigenvalue weighted by Gasteiger charge is 2.27. The summed E-state index contributed by atoms with van der Waals surface area (Å²) in [5.74, 6) is 0.416. The van der Waals surface area contributed by atoms with E-state index in [2.05, 4.69) is 57.6 Å². The predicted octanol–water partition coefficient (Wildman–Crippen LogP) is 5.54. The molecule has 0 atom stereocenters. The zero-order valence-electron chi connectivity index (χ0n) is 24.9. The molecule has 1 aliphatic carbocycles. The van der Waals surface area contributed by atoms with Gasteiger partial charge in [0.25, 0.3) is 5.56 Å². The van der Waals surface area contributed by atoms with E-state index in [1.165, 1.54) is 11.3 Å². The minimum atomic E-state index is -0.102. The van der Waals surface area contributed by atoms with Crippen molar-refractivity contribution in [3.05, 3.63) is 75.7 Å². The van der Waals surface area contributed by atoms with Gasteiger partial charge in [-0.05, 0) is 87.2 Å². The predicted molar refractivity (Wildman–Crippen MR) is 174 cm³/mol. The Kier molecular flexibility index (Phi) is 8.36. The highest BCUT2D eigenvalue weighted by atomic mass is 35.5. The highest BCUT2D eigenvalue weighted by Crippen LogP contribution is 2.32. The zero-order valence-corrected chi connectivity index (χ0v) is 25.7. The van der Waals surface area contributed by atoms with Crippen LogP contribution in [-0.2, 0) is 4.79 Å². The number of likely N-dealkylation sites (N-methyl/N-ethyl adjacent to an activating group) is 1. The number of nitrogens with zero attached hydrogens (tertiary/aromatic N) is 5. The molecule has 1 aliphatic heterocycles. The summed E-state index contributed by atoms with van der Waals surface area (Å²) in [6, 6.07) is 15.6. The molecule has 9 nitrogen and oxygen atoms in total. The molecular weight excluding hydrogens is 562 g/mol. The van der Waals surface area contributed by atoms with Crippen LogP contribution in [0.15, 0.2) is 59.5 Å². The van der Waals surface area contributed by atoms with E-state index in [9.17, 15) is 9.59 Å². The van der Waals surface area contributed by atoms with E-state index in [1.807, 2.05) is 28.8 Å². The van der Waals surface area contributed by atoms with Crippen molar-refractivity contribution in [3.8, 4) is 11.1 Å².